The molecule has 5 nitrogen and oxygen atoms in total. The summed E-state index contributed by atoms with van der Waals surface area (Å²) in [4.78, 5) is 30.6. The lowest BCUT2D eigenvalue weighted by Gasteiger charge is -2.23. The molecule has 0 aliphatic rings. The third-order valence-electron chi connectivity index (χ3n) is 5.59. The summed E-state index contributed by atoms with van der Waals surface area (Å²) < 4.78 is 0. The molecule has 162 valence electrons. The van der Waals surface area contributed by atoms with Crippen LogP contribution in [0.25, 0.3) is 10.9 Å². The summed E-state index contributed by atoms with van der Waals surface area (Å²) in [6, 6.07) is 25.5. The number of pyridine rings is 1. The SMILES string of the molecule is Cc1ccc(CN(Cc2cc3cccc(C)c3[nH]c2=O)C(=O)NCc2ccccc2)cc1. The smallest absolute Gasteiger partial charge is 0.318 e. The Labute approximate surface area is 187 Å². The Bertz CT molecular complexity index is 1280. The van der Waals surface area contributed by atoms with Crippen LogP contribution in [0.5, 0.6) is 0 Å². The van der Waals surface area contributed by atoms with Gasteiger partial charge in [-0.25, -0.2) is 4.79 Å². The van der Waals surface area contributed by atoms with Crippen molar-refractivity contribution >= 4 is 16.9 Å². The number of carbonyl (C=O) groups is 1. The molecule has 1 aromatic heterocycles. The van der Waals surface area contributed by atoms with Crippen molar-refractivity contribution in [3.8, 4) is 0 Å². The predicted molar refractivity (Wildman–Crippen MR) is 128 cm³/mol. The van der Waals surface area contributed by atoms with E-state index in [4.69, 9.17) is 0 Å². The van der Waals surface area contributed by atoms with Gasteiger partial charge in [0.25, 0.3) is 5.56 Å². The highest BCUT2D eigenvalue weighted by molar-refractivity contribution is 5.82. The molecule has 0 bridgehead atoms. The maximum Gasteiger partial charge on any atom is 0.318 e. The molecule has 4 rings (SSSR count). The molecule has 0 aliphatic carbocycles. The van der Waals surface area contributed by atoms with Gasteiger partial charge in [-0.05, 0) is 42.0 Å². The molecule has 0 saturated heterocycles. The Kier molecular flexibility index (Phi) is 6.36. The number of aromatic nitrogens is 1. The van der Waals surface area contributed by atoms with E-state index in [-0.39, 0.29) is 18.1 Å². The van der Waals surface area contributed by atoms with Gasteiger partial charge in [-0.2, -0.15) is 0 Å². The minimum atomic E-state index is -0.210. The van der Waals surface area contributed by atoms with Gasteiger partial charge in [0.05, 0.1) is 12.1 Å². The van der Waals surface area contributed by atoms with Gasteiger partial charge < -0.3 is 15.2 Å². The van der Waals surface area contributed by atoms with Crippen molar-refractivity contribution in [1.29, 1.82) is 0 Å². The Morgan fingerprint density at radius 1 is 0.875 bits per heavy atom. The second-order valence-electron chi connectivity index (χ2n) is 8.15. The Morgan fingerprint density at radius 2 is 1.62 bits per heavy atom. The van der Waals surface area contributed by atoms with Crippen LogP contribution in [0.2, 0.25) is 0 Å². The molecule has 3 aromatic carbocycles. The summed E-state index contributed by atoms with van der Waals surface area (Å²) in [5.74, 6) is 0. The van der Waals surface area contributed by atoms with E-state index < -0.39 is 0 Å². The van der Waals surface area contributed by atoms with Gasteiger partial charge in [0.15, 0.2) is 0 Å². The van der Waals surface area contributed by atoms with Gasteiger partial charge in [0.2, 0.25) is 0 Å². The zero-order valence-corrected chi connectivity index (χ0v) is 18.4. The lowest BCUT2D eigenvalue weighted by atomic mass is 10.1. The normalized spacial score (nSPS) is 10.8. The van der Waals surface area contributed by atoms with Crippen molar-refractivity contribution in [2.75, 3.05) is 0 Å². The largest absolute Gasteiger partial charge is 0.334 e. The lowest BCUT2D eigenvalue weighted by molar-refractivity contribution is 0.191. The standard InChI is InChI=1S/C27H27N3O2/c1-19-11-13-22(14-12-19)17-30(27(32)28-16-21-8-4-3-5-9-21)18-24-15-23-10-6-7-20(2)25(23)29-26(24)31/h3-15H,16-18H2,1-2H3,(H,28,32)(H,29,31). The van der Waals surface area contributed by atoms with E-state index in [1.165, 1.54) is 0 Å². The second kappa shape index (κ2) is 9.52. The van der Waals surface area contributed by atoms with Crippen LogP contribution in [-0.4, -0.2) is 15.9 Å². The fraction of sp³-hybridized carbons (Fsp3) is 0.185. The van der Waals surface area contributed by atoms with Crippen LogP contribution < -0.4 is 10.9 Å². The molecular weight excluding hydrogens is 398 g/mol. The summed E-state index contributed by atoms with van der Waals surface area (Å²) in [7, 11) is 0. The van der Waals surface area contributed by atoms with Crippen LogP contribution in [0.1, 0.15) is 27.8 Å². The van der Waals surface area contributed by atoms with Gasteiger partial charge >= 0.3 is 6.03 Å². The molecule has 32 heavy (non-hydrogen) atoms. The Hall–Kier alpha value is -3.86. The summed E-state index contributed by atoms with van der Waals surface area (Å²) >= 11 is 0. The average Bonchev–Trinajstić information content (AvgIpc) is 2.80. The second-order valence-corrected chi connectivity index (χ2v) is 8.15. The van der Waals surface area contributed by atoms with Crippen molar-refractivity contribution < 1.29 is 4.79 Å². The van der Waals surface area contributed by atoms with Crippen molar-refractivity contribution in [1.82, 2.24) is 15.2 Å². The molecule has 0 spiro atoms. The molecule has 0 fully saturated rings. The van der Waals surface area contributed by atoms with Gasteiger partial charge in [0.1, 0.15) is 0 Å². The average molecular weight is 426 g/mol. The monoisotopic (exact) mass is 425 g/mol. The first-order chi connectivity index (χ1) is 15.5. The van der Waals surface area contributed by atoms with Crippen molar-refractivity contribution in [3.63, 3.8) is 0 Å². The number of nitrogens with zero attached hydrogens (tertiary/aromatic N) is 1. The molecule has 5 heteroatoms. The number of aryl methyl sites for hydroxylation is 2. The number of hydrogen-bond donors (Lipinski definition) is 2. The lowest BCUT2D eigenvalue weighted by Crippen LogP contribution is -2.39. The minimum absolute atomic E-state index is 0.170. The number of benzene rings is 3. The first-order valence-corrected chi connectivity index (χ1v) is 10.7. The van der Waals surface area contributed by atoms with Crippen molar-refractivity contribution in [2.24, 2.45) is 0 Å². The topological polar surface area (TPSA) is 65.2 Å². The van der Waals surface area contributed by atoms with E-state index >= 15 is 0 Å². The van der Waals surface area contributed by atoms with E-state index in [0.717, 1.165) is 33.2 Å². The number of rotatable bonds is 6. The van der Waals surface area contributed by atoms with Gasteiger partial charge in [-0.3, -0.25) is 4.79 Å². The molecule has 2 amide bonds. The van der Waals surface area contributed by atoms with E-state index in [1.54, 1.807) is 4.90 Å². The van der Waals surface area contributed by atoms with E-state index in [1.807, 2.05) is 92.7 Å². The number of H-pyrrole nitrogens is 1. The maximum atomic E-state index is 13.1. The van der Waals surface area contributed by atoms with Crippen LogP contribution in [0.3, 0.4) is 0 Å². The summed E-state index contributed by atoms with van der Waals surface area (Å²) in [5.41, 5.74) is 5.44. The first kappa shape index (κ1) is 21.4. The number of carbonyl (C=O) groups excluding carboxylic acids is 1. The molecule has 1 heterocycles. The maximum absolute atomic E-state index is 13.1. The van der Waals surface area contributed by atoms with Gasteiger partial charge in [0, 0.05) is 18.7 Å². The molecule has 0 atom stereocenters. The van der Waals surface area contributed by atoms with E-state index in [2.05, 4.69) is 10.3 Å². The van der Waals surface area contributed by atoms with Crippen molar-refractivity contribution in [2.45, 2.75) is 33.5 Å². The third-order valence-corrected chi connectivity index (χ3v) is 5.59. The van der Waals surface area contributed by atoms with Gasteiger partial charge in [-0.1, -0.05) is 78.4 Å². The quantitative estimate of drug-likeness (QED) is 0.454. The zero-order chi connectivity index (χ0) is 22.5. The number of hydrogen-bond acceptors (Lipinski definition) is 2. The number of para-hydroxylation sites is 1. The van der Waals surface area contributed by atoms with Crippen LogP contribution in [0.15, 0.2) is 83.7 Å². The minimum Gasteiger partial charge on any atom is -0.334 e. The highest BCUT2D eigenvalue weighted by atomic mass is 16.2. The Morgan fingerprint density at radius 3 is 2.38 bits per heavy atom. The van der Waals surface area contributed by atoms with E-state index in [9.17, 15) is 9.59 Å². The summed E-state index contributed by atoms with van der Waals surface area (Å²) in [6.45, 7) is 5.06. The number of urea groups is 1. The highest BCUT2D eigenvalue weighted by Crippen LogP contribution is 2.17. The van der Waals surface area contributed by atoms with Gasteiger partial charge in [-0.15, -0.1) is 0 Å². The third kappa shape index (κ3) is 5.06. The zero-order valence-electron chi connectivity index (χ0n) is 18.4. The van der Waals surface area contributed by atoms with Crippen molar-refractivity contribution in [3.05, 3.63) is 117 Å². The fourth-order valence-electron chi connectivity index (χ4n) is 3.75. The molecule has 0 aliphatic heterocycles. The van der Waals surface area contributed by atoms with Crippen LogP contribution in [-0.2, 0) is 19.6 Å². The fourth-order valence-corrected chi connectivity index (χ4v) is 3.75. The van der Waals surface area contributed by atoms with Crippen LogP contribution >= 0.6 is 0 Å². The number of aromatic amines is 1. The molecule has 2 N–H and O–H groups in total. The molecular formula is C27H27N3O2. The predicted octanol–water partition coefficient (Wildman–Crippen LogP) is 5.06. The molecule has 0 saturated carbocycles. The Balaban J connectivity index is 1.60. The number of amides is 2. The van der Waals surface area contributed by atoms with Crippen LogP contribution in [0, 0.1) is 13.8 Å². The molecule has 4 aromatic rings. The molecule has 0 radical (unpaired) electrons. The van der Waals surface area contributed by atoms with E-state index in [0.29, 0.717) is 18.7 Å². The first-order valence-electron chi connectivity index (χ1n) is 10.7. The molecule has 0 unspecified atom stereocenters. The number of fused-ring (bicyclic) bond motifs is 1. The number of nitrogens with one attached hydrogen (secondary N) is 2. The summed E-state index contributed by atoms with van der Waals surface area (Å²) in [6.07, 6.45) is 0. The summed E-state index contributed by atoms with van der Waals surface area (Å²) in [5, 5.41) is 3.95. The highest BCUT2D eigenvalue weighted by Gasteiger charge is 2.17. The van der Waals surface area contributed by atoms with Crippen LogP contribution in [0.4, 0.5) is 4.79 Å².